The Kier molecular flexibility index (Phi) is 3.24. The molecule has 108 valence electrons. The van der Waals surface area contributed by atoms with Crippen LogP contribution in [0.5, 0.6) is 0 Å². The SMILES string of the molecule is CC1(C)C(=O)C2(CCCCC2)C(=O)O[C@H]1c1cccs1. The highest BCUT2D eigenvalue weighted by Gasteiger charge is 2.60. The van der Waals surface area contributed by atoms with Crippen molar-refractivity contribution in [3.05, 3.63) is 22.4 Å². The third-order valence-corrected chi connectivity index (χ3v) is 5.72. The van der Waals surface area contributed by atoms with E-state index in [2.05, 4.69) is 0 Å². The van der Waals surface area contributed by atoms with Gasteiger partial charge in [0.15, 0.2) is 5.78 Å². The van der Waals surface area contributed by atoms with Gasteiger partial charge in [-0.1, -0.05) is 25.3 Å². The molecule has 1 saturated carbocycles. The second-order valence-electron chi connectivity index (χ2n) is 6.49. The maximum atomic E-state index is 13.0. The molecule has 2 aliphatic rings. The first-order valence-electron chi connectivity index (χ1n) is 7.28. The van der Waals surface area contributed by atoms with Crippen LogP contribution in [0.15, 0.2) is 17.5 Å². The first kappa shape index (κ1) is 13.8. The summed E-state index contributed by atoms with van der Waals surface area (Å²) in [5.41, 5.74) is -1.51. The van der Waals surface area contributed by atoms with Gasteiger partial charge in [-0.25, -0.2) is 0 Å². The van der Waals surface area contributed by atoms with E-state index >= 15 is 0 Å². The summed E-state index contributed by atoms with van der Waals surface area (Å²) in [6.45, 7) is 3.84. The fourth-order valence-corrected chi connectivity index (χ4v) is 4.57. The van der Waals surface area contributed by atoms with Crippen LogP contribution in [0.4, 0.5) is 0 Å². The van der Waals surface area contributed by atoms with Crippen molar-refractivity contribution in [3.8, 4) is 0 Å². The second-order valence-corrected chi connectivity index (χ2v) is 7.47. The van der Waals surface area contributed by atoms with Crippen LogP contribution >= 0.6 is 11.3 Å². The van der Waals surface area contributed by atoms with E-state index in [4.69, 9.17) is 4.74 Å². The number of carbonyl (C=O) groups excluding carboxylic acids is 2. The number of ether oxygens (including phenoxy) is 1. The summed E-state index contributed by atoms with van der Waals surface area (Å²) in [5.74, 6) is -0.209. The summed E-state index contributed by atoms with van der Waals surface area (Å²) >= 11 is 1.54. The van der Waals surface area contributed by atoms with Crippen molar-refractivity contribution in [1.29, 1.82) is 0 Å². The number of rotatable bonds is 1. The Morgan fingerprint density at radius 1 is 1.20 bits per heavy atom. The number of esters is 1. The third kappa shape index (κ3) is 1.85. The van der Waals surface area contributed by atoms with E-state index in [0.29, 0.717) is 12.8 Å². The van der Waals surface area contributed by atoms with Gasteiger partial charge in [0.05, 0.1) is 5.41 Å². The molecule has 1 aliphatic carbocycles. The lowest BCUT2D eigenvalue weighted by Gasteiger charge is -2.47. The predicted molar refractivity (Wildman–Crippen MR) is 77.5 cm³/mol. The minimum absolute atomic E-state index is 0.0827. The van der Waals surface area contributed by atoms with Crippen LogP contribution in [0.1, 0.15) is 56.9 Å². The van der Waals surface area contributed by atoms with Gasteiger partial charge in [0.25, 0.3) is 0 Å². The quantitative estimate of drug-likeness (QED) is 0.582. The number of ketones is 1. The molecule has 0 aromatic carbocycles. The zero-order chi connectivity index (χ0) is 14.4. The monoisotopic (exact) mass is 292 g/mol. The zero-order valence-electron chi connectivity index (χ0n) is 12.0. The number of hydrogen-bond donors (Lipinski definition) is 0. The Balaban J connectivity index is 1.99. The molecule has 20 heavy (non-hydrogen) atoms. The summed E-state index contributed by atoms with van der Waals surface area (Å²) in [6.07, 6.45) is 3.88. The minimum Gasteiger partial charge on any atom is -0.455 e. The van der Waals surface area contributed by atoms with Crippen molar-refractivity contribution < 1.29 is 14.3 Å². The van der Waals surface area contributed by atoms with Crippen LogP contribution < -0.4 is 0 Å². The van der Waals surface area contributed by atoms with E-state index in [1.54, 1.807) is 11.3 Å². The fourth-order valence-electron chi connectivity index (χ4n) is 3.64. The van der Waals surface area contributed by atoms with Crippen molar-refractivity contribution in [3.63, 3.8) is 0 Å². The normalized spacial score (nSPS) is 28.4. The van der Waals surface area contributed by atoms with E-state index in [1.807, 2.05) is 31.4 Å². The third-order valence-electron chi connectivity index (χ3n) is 4.80. The number of Topliss-reactive ketones (excluding diaryl/α,β-unsaturated/α-hetero) is 1. The van der Waals surface area contributed by atoms with Crippen molar-refractivity contribution >= 4 is 23.1 Å². The molecule has 0 bridgehead atoms. The van der Waals surface area contributed by atoms with Crippen LogP contribution in [0.2, 0.25) is 0 Å². The van der Waals surface area contributed by atoms with Gasteiger partial charge < -0.3 is 4.74 Å². The molecule has 1 atom stereocenters. The lowest BCUT2D eigenvalue weighted by atomic mass is 9.61. The average Bonchev–Trinajstić information content (AvgIpc) is 2.96. The van der Waals surface area contributed by atoms with Gasteiger partial charge in [-0.3, -0.25) is 9.59 Å². The van der Waals surface area contributed by atoms with Gasteiger partial charge in [-0.05, 0) is 38.1 Å². The Morgan fingerprint density at radius 3 is 2.50 bits per heavy atom. The van der Waals surface area contributed by atoms with Crippen molar-refractivity contribution in [2.75, 3.05) is 0 Å². The molecular formula is C16H20O3S. The molecule has 0 radical (unpaired) electrons. The molecule has 2 heterocycles. The van der Waals surface area contributed by atoms with E-state index in [-0.39, 0.29) is 11.8 Å². The maximum absolute atomic E-state index is 13.0. The molecule has 2 fully saturated rings. The number of cyclic esters (lactones) is 1. The fraction of sp³-hybridized carbons (Fsp3) is 0.625. The molecule has 3 rings (SSSR count). The molecule has 1 aromatic rings. The highest BCUT2D eigenvalue weighted by atomic mass is 32.1. The first-order chi connectivity index (χ1) is 9.48. The second kappa shape index (κ2) is 4.69. The van der Waals surface area contributed by atoms with Crippen LogP contribution in [0.3, 0.4) is 0 Å². The van der Waals surface area contributed by atoms with E-state index < -0.39 is 16.9 Å². The summed E-state index contributed by atoms with van der Waals surface area (Å²) in [5, 5.41) is 1.95. The largest absolute Gasteiger partial charge is 0.455 e. The summed E-state index contributed by atoms with van der Waals surface area (Å²) in [6, 6.07) is 3.87. The summed E-state index contributed by atoms with van der Waals surface area (Å²) in [7, 11) is 0. The van der Waals surface area contributed by atoms with Crippen LogP contribution in [0.25, 0.3) is 0 Å². The Hall–Kier alpha value is -1.16. The molecule has 1 aromatic heterocycles. The van der Waals surface area contributed by atoms with Crippen LogP contribution in [0, 0.1) is 10.8 Å². The summed E-state index contributed by atoms with van der Waals surface area (Å²) < 4.78 is 5.76. The molecule has 3 nitrogen and oxygen atoms in total. The molecule has 1 spiro atoms. The lowest BCUT2D eigenvalue weighted by molar-refractivity contribution is -0.191. The molecular weight excluding hydrogens is 272 g/mol. The zero-order valence-corrected chi connectivity index (χ0v) is 12.8. The van der Waals surface area contributed by atoms with E-state index in [1.165, 1.54) is 0 Å². The standard InChI is InChI=1S/C16H20O3S/c1-15(2)12(11-7-6-10-20-11)19-14(18)16(13(15)17)8-4-3-5-9-16/h6-7,10,12H,3-5,8-9H2,1-2H3/t12-/m0/s1. The van der Waals surface area contributed by atoms with Gasteiger partial charge in [0.2, 0.25) is 0 Å². The van der Waals surface area contributed by atoms with Gasteiger partial charge in [-0.2, -0.15) is 0 Å². The highest BCUT2D eigenvalue weighted by molar-refractivity contribution is 7.10. The van der Waals surface area contributed by atoms with Crippen LogP contribution in [-0.2, 0) is 14.3 Å². The average molecular weight is 292 g/mol. The Morgan fingerprint density at radius 2 is 1.90 bits per heavy atom. The molecule has 0 unspecified atom stereocenters. The number of thiophene rings is 1. The highest BCUT2D eigenvalue weighted by Crippen LogP contribution is 2.53. The van der Waals surface area contributed by atoms with Gasteiger partial charge in [0, 0.05) is 4.88 Å². The molecule has 0 N–H and O–H groups in total. The minimum atomic E-state index is -0.866. The molecule has 4 heteroatoms. The topological polar surface area (TPSA) is 43.4 Å². The predicted octanol–water partition coefficient (Wildman–Crippen LogP) is 3.89. The van der Waals surface area contributed by atoms with E-state index in [9.17, 15) is 9.59 Å². The van der Waals surface area contributed by atoms with Gasteiger partial charge in [0.1, 0.15) is 11.5 Å². The van der Waals surface area contributed by atoms with Gasteiger partial charge in [-0.15, -0.1) is 11.3 Å². The van der Waals surface area contributed by atoms with Crippen molar-refractivity contribution in [2.24, 2.45) is 10.8 Å². The molecule has 1 aliphatic heterocycles. The maximum Gasteiger partial charge on any atom is 0.320 e. The molecule has 1 saturated heterocycles. The number of carbonyl (C=O) groups is 2. The van der Waals surface area contributed by atoms with Crippen LogP contribution in [-0.4, -0.2) is 11.8 Å². The van der Waals surface area contributed by atoms with E-state index in [0.717, 1.165) is 24.1 Å². The smallest absolute Gasteiger partial charge is 0.320 e. The lowest BCUT2D eigenvalue weighted by Crippen LogP contribution is -2.55. The Bertz CT molecular complexity index is 524. The molecule has 0 amide bonds. The van der Waals surface area contributed by atoms with Crippen molar-refractivity contribution in [1.82, 2.24) is 0 Å². The Labute approximate surface area is 123 Å². The first-order valence-corrected chi connectivity index (χ1v) is 8.16. The summed E-state index contributed by atoms with van der Waals surface area (Å²) in [4.78, 5) is 26.5. The number of hydrogen-bond acceptors (Lipinski definition) is 4. The van der Waals surface area contributed by atoms with Crippen molar-refractivity contribution in [2.45, 2.75) is 52.1 Å². The van der Waals surface area contributed by atoms with Gasteiger partial charge >= 0.3 is 5.97 Å².